The predicted molar refractivity (Wildman–Crippen MR) is 73.5 cm³/mol. The number of anilines is 1. The summed E-state index contributed by atoms with van der Waals surface area (Å²) in [5.74, 6) is -1.60. The molecule has 0 fully saturated rings. The number of alkyl halides is 3. The van der Waals surface area contributed by atoms with Crippen molar-refractivity contribution in [3.8, 4) is 0 Å². The number of amides is 2. The second-order valence-electron chi connectivity index (χ2n) is 4.57. The molecule has 2 heterocycles. The Kier molecular flexibility index (Phi) is 3.95. The van der Waals surface area contributed by atoms with Crippen molar-refractivity contribution < 1.29 is 22.8 Å². The van der Waals surface area contributed by atoms with Crippen LogP contribution in [0.2, 0.25) is 5.15 Å². The van der Waals surface area contributed by atoms with Crippen LogP contribution in [0.4, 0.5) is 19.0 Å². The molecule has 0 atom stereocenters. The lowest BCUT2D eigenvalue weighted by Gasteiger charge is -2.19. The molecule has 0 saturated heterocycles. The first kappa shape index (κ1) is 16.3. The second-order valence-corrected chi connectivity index (χ2v) is 4.93. The summed E-state index contributed by atoms with van der Waals surface area (Å²) < 4.78 is 38.0. The molecule has 0 aliphatic carbocycles. The van der Waals surface area contributed by atoms with E-state index in [1.807, 2.05) is 0 Å². The number of hydrogen-bond donors (Lipinski definition) is 1. The monoisotopic (exact) mass is 329 g/mol. The van der Waals surface area contributed by atoms with Crippen molar-refractivity contribution >= 4 is 42.5 Å². The Bertz CT molecular complexity index is 694. The van der Waals surface area contributed by atoms with Gasteiger partial charge in [-0.3, -0.25) is 15.0 Å². The highest BCUT2D eigenvalue weighted by Crippen LogP contribution is 2.33. The molecular weight excluding hydrogens is 321 g/mol. The summed E-state index contributed by atoms with van der Waals surface area (Å²) in [4.78, 5) is 27.2. The minimum atomic E-state index is -4.72. The Morgan fingerprint density at radius 1 is 1.23 bits per heavy atom. The maximum absolute atomic E-state index is 12.7. The van der Waals surface area contributed by atoms with Crippen LogP contribution in [0.5, 0.6) is 0 Å². The predicted octanol–water partition coefficient (Wildman–Crippen LogP) is 1.58. The van der Waals surface area contributed by atoms with Crippen LogP contribution in [0, 0.1) is 0 Å². The van der Waals surface area contributed by atoms with E-state index in [2.05, 4.69) is 10.4 Å². The molecule has 2 rings (SSSR count). The van der Waals surface area contributed by atoms with Gasteiger partial charge in [0.2, 0.25) is 0 Å². The van der Waals surface area contributed by atoms with Crippen molar-refractivity contribution in [1.29, 1.82) is 0 Å². The van der Waals surface area contributed by atoms with E-state index in [9.17, 15) is 22.8 Å². The van der Waals surface area contributed by atoms with E-state index in [0.717, 1.165) is 0 Å². The fraction of sp³-hybridized carbons (Fsp3) is 0.250. The molecule has 0 bridgehead atoms. The maximum Gasteiger partial charge on any atom is 0.419 e. The fourth-order valence-electron chi connectivity index (χ4n) is 1.75. The van der Waals surface area contributed by atoms with Crippen molar-refractivity contribution in [2.45, 2.75) is 20.0 Å². The quantitative estimate of drug-likeness (QED) is 0.508. The van der Waals surface area contributed by atoms with Crippen LogP contribution < -0.4 is 10.9 Å². The van der Waals surface area contributed by atoms with Crippen molar-refractivity contribution in [3.05, 3.63) is 27.9 Å². The van der Waals surface area contributed by atoms with Gasteiger partial charge in [-0.2, -0.15) is 18.2 Å². The minimum Gasteiger partial charge on any atom is -0.272 e. The number of nitrogens with zero attached hydrogens (tertiary/aromatic N) is 2. The van der Waals surface area contributed by atoms with E-state index in [0.29, 0.717) is 11.1 Å². The number of nitrogens with one attached hydrogen (secondary N) is 1. The molecule has 2 amide bonds. The van der Waals surface area contributed by atoms with Gasteiger partial charge in [0.15, 0.2) is 0 Å². The SMILES string of the molecule is [B]c1cc(C(F)(F)F)c(Cl)nc1NN1C(=O)C(C)=C(C)C1=O. The zero-order valence-corrected chi connectivity index (χ0v) is 12.1. The van der Waals surface area contributed by atoms with Crippen LogP contribution >= 0.6 is 11.6 Å². The third-order valence-electron chi connectivity index (χ3n) is 3.14. The van der Waals surface area contributed by atoms with E-state index in [1.165, 1.54) is 13.8 Å². The Morgan fingerprint density at radius 3 is 2.18 bits per heavy atom. The Labute approximate surface area is 129 Å². The first-order valence-electron chi connectivity index (χ1n) is 5.90. The summed E-state index contributed by atoms with van der Waals surface area (Å²) >= 11 is 5.48. The number of hydrogen-bond acceptors (Lipinski definition) is 4. The number of aromatic nitrogens is 1. The van der Waals surface area contributed by atoms with Crippen LogP contribution in [-0.4, -0.2) is 29.7 Å². The molecule has 1 aliphatic rings. The van der Waals surface area contributed by atoms with Gasteiger partial charge < -0.3 is 0 Å². The van der Waals surface area contributed by atoms with Crippen LogP contribution in [0.25, 0.3) is 0 Å². The van der Waals surface area contributed by atoms with Crippen molar-refractivity contribution in [1.82, 2.24) is 9.99 Å². The number of rotatable bonds is 2. The van der Waals surface area contributed by atoms with E-state index in [1.54, 1.807) is 0 Å². The second kappa shape index (κ2) is 5.31. The lowest BCUT2D eigenvalue weighted by atomic mass is 9.95. The number of carbonyl (C=O) groups excluding carboxylic acids is 2. The maximum atomic E-state index is 12.7. The number of halogens is 4. The molecule has 1 aliphatic heterocycles. The summed E-state index contributed by atoms with van der Waals surface area (Å²) in [6, 6.07) is 0.579. The lowest BCUT2D eigenvalue weighted by molar-refractivity contribution is -0.138. The number of hydrazine groups is 1. The molecule has 0 unspecified atom stereocenters. The molecule has 0 spiro atoms. The van der Waals surface area contributed by atoms with E-state index in [4.69, 9.17) is 19.4 Å². The van der Waals surface area contributed by atoms with Crippen LogP contribution in [0.3, 0.4) is 0 Å². The number of pyridine rings is 1. The highest BCUT2D eigenvalue weighted by atomic mass is 35.5. The van der Waals surface area contributed by atoms with Gasteiger partial charge in [0.1, 0.15) is 18.8 Å². The summed E-state index contributed by atoms with van der Waals surface area (Å²) in [5.41, 5.74) is 1.12. The van der Waals surface area contributed by atoms with E-state index in [-0.39, 0.29) is 17.0 Å². The smallest absolute Gasteiger partial charge is 0.272 e. The first-order valence-corrected chi connectivity index (χ1v) is 6.28. The van der Waals surface area contributed by atoms with Gasteiger partial charge in [0.05, 0.1) is 5.56 Å². The molecule has 0 saturated carbocycles. The van der Waals surface area contributed by atoms with Crippen LogP contribution in [-0.2, 0) is 15.8 Å². The molecule has 1 aromatic heterocycles. The average molecular weight is 329 g/mol. The third kappa shape index (κ3) is 2.68. The summed E-state index contributed by atoms with van der Waals surface area (Å²) in [7, 11) is 5.48. The molecule has 1 N–H and O–H groups in total. The van der Waals surface area contributed by atoms with E-state index >= 15 is 0 Å². The fourth-order valence-corrected chi connectivity index (χ4v) is 2.00. The molecule has 114 valence electrons. The summed E-state index contributed by atoms with van der Waals surface area (Å²) in [5, 5.41) is -0.225. The molecule has 5 nitrogen and oxygen atoms in total. The van der Waals surface area contributed by atoms with Crippen molar-refractivity contribution in [2.75, 3.05) is 5.43 Å². The largest absolute Gasteiger partial charge is 0.419 e. The molecule has 0 aromatic carbocycles. The van der Waals surface area contributed by atoms with Gasteiger partial charge in [-0.25, -0.2) is 4.98 Å². The highest BCUT2D eigenvalue weighted by molar-refractivity contribution is 6.37. The Morgan fingerprint density at radius 2 is 1.73 bits per heavy atom. The molecule has 2 radical (unpaired) electrons. The van der Waals surface area contributed by atoms with Crippen molar-refractivity contribution in [3.63, 3.8) is 0 Å². The lowest BCUT2D eigenvalue weighted by Crippen LogP contribution is -2.39. The number of imide groups is 1. The summed E-state index contributed by atoms with van der Waals surface area (Å²) in [6.07, 6.45) is -4.72. The molecule has 10 heteroatoms. The molecular formula is C12H8BClF3N3O2. The van der Waals surface area contributed by atoms with Gasteiger partial charge in [0, 0.05) is 11.1 Å². The van der Waals surface area contributed by atoms with Crippen molar-refractivity contribution in [2.24, 2.45) is 0 Å². The van der Waals surface area contributed by atoms with Gasteiger partial charge in [-0.1, -0.05) is 23.1 Å². The highest BCUT2D eigenvalue weighted by Gasteiger charge is 2.36. The van der Waals surface area contributed by atoms with Gasteiger partial charge >= 0.3 is 6.18 Å². The number of carbonyl (C=O) groups is 2. The van der Waals surface area contributed by atoms with Crippen LogP contribution in [0.1, 0.15) is 19.4 Å². The molecule has 1 aromatic rings. The zero-order valence-electron chi connectivity index (χ0n) is 11.4. The topological polar surface area (TPSA) is 62.3 Å². The van der Waals surface area contributed by atoms with Gasteiger partial charge in [-0.15, -0.1) is 0 Å². The minimum absolute atomic E-state index is 0.217. The normalized spacial score (nSPS) is 15.8. The first-order chi connectivity index (χ1) is 10.0. The molecule has 22 heavy (non-hydrogen) atoms. The van der Waals surface area contributed by atoms with Crippen LogP contribution in [0.15, 0.2) is 17.2 Å². The van der Waals surface area contributed by atoms with Gasteiger partial charge in [0.25, 0.3) is 11.8 Å². The summed E-state index contributed by atoms with van der Waals surface area (Å²) in [6.45, 7) is 2.90. The Hall–Kier alpha value is -2.03. The van der Waals surface area contributed by atoms with E-state index < -0.39 is 34.2 Å². The average Bonchev–Trinajstić information content (AvgIpc) is 2.59. The Balaban J connectivity index is 2.35. The third-order valence-corrected chi connectivity index (χ3v) is 3.43. The zero-order chi connectivity index (χ0) is 16.8. The standard InChI is InChI=1S/C12H8BClF3N3O2/c1-4-5(2)11(22)20(10(4)21)19-9-7(13)3-6(8(14)18-9)12(15,16)17/h3H,1-2H3,(H,18,19). The van der Waals surface area contributed by atoms with Gasteiger partial charge in [-0.05, 0) is 13.8 Å².